The molecule has 7 nitrogen and oxygen atoms in total. The van der Waals surface area contributed by atoms with Gasteiger partial charge in [-0.3, -0.25) is 4.68 Å². The molecule has 2 rings (SSSR count). The second-order valence-corrected chi connectivity index (χ2v) is 3.11. The standard InChI is InChI=1S/C9H13N7/c1-10-9-12-3-2-8(14-9)11-4-6-16-7-5-13-15-16/h2-3,5,7H,4,6H2,1H3,(H2,10,11,12,14). The number of rotatable bonds is 5. The van der Waals surface area contributed by atoms with E-state index in [1.807, 2.05) is 12.3 Å². The Morgan fingerprint density at radius 3 is 3.06 bits per heavy atom. The highest BCUT2D eigenvalue weighted by atomic mass is 15.4. The predicted octanol–water partition coefficient (Wildman–Crippen LogP) is 0.222. The molecule has 0 amide bonds. The van der Waals surface area contributed by atoms with E-state index in [0.717, 1.165) is 18.9 Å². The van der Waals surface area contributed by atoms with E-state index in [2.05, 4.69) is 30.9 Å². The topological polar surface area (TPSA) is 80.5 Å². The van der Waals surface area contributed by atoms with Crippen LogP contribution in [-0.4, -0.2) is 38.6 Å². The number of aromatic nitrogens is 5. The molecule has 0 saturated carbocycles. The molecule has 0 aliphatic heterocycles. The molecule has 84 valence electrons. The third kappa shape index (κ3) is 2.66. The van der Waals surface area contributed by atoms with Gasteiger partial charge >= 0.3 is 0 Å². The molecular formula is C9H13N7. The molecule has 2 aromatic heterocycles. The monoisotopic (exact) mass is 219 g/mol. The van der Waals surface area contributed by atoms with E-state index in [9.17, 15) is 0 Å². The van der Waals surface area contributed by atoms with Crippen LogP contribution in [0.2, 0.25) is 0 Å². The SMILES string of the molecule is CNc1nccc(NCCn2ccnn2)n1. The van der Waals surface area contributed by atoms with Crippen molar-refractivity contribution in [2.45, 2.75) is 6.54 Å². The maximum Gasteiger partial charge on any atom is 0.224 e. The molecule has 0 bridgehead atoms. The van der Waals surface area contributed by atoms with Gasteiger partial charge in [0.05, 0.1) is 12.7 Å². The average Bonchev–Trinajstić information content (AvgIpc) is 2.82. The summed E-state index contributed by atoms with van der Waals surface area (Å²) in [5, 5.41) is 13.6. The van der Waals surface area contributed by atoms with Gasteiger partial charge < -0.3 is 10.6 Å². The van der Waals surface area contributed by atoms with E-state index in [1.54, 1.807) is 24.1 Å². The van der Waals surface area contributed by atoms with E-state index in [1.165, 1.54) is 0 Å². The van der Waals surface area contributed by atoms with Crippen LogP contribution in [0.1, 0.15) is 0 Å². The summed E-state index contributed by atoms with van der Waals surface area (Å²) in [7, 11) is 1.79. The Morgan fingerprint density at radius 1 is 1.38 bits per heavy atom. The van der Waals surface area contributed by atoms with Gasteiger partial charge in [-0.2, -0.15) is 4.98 Å². The number of anilines is 2. The highest BCUT2D eigenvalue weighted by Gasteiger charge is 1.96. The van der Waals surface area contributed by atoms with Crippen molar-refractivity contribution in [2.75, 3.05) is 24.2 Å². The Morgan fingerprint density at radius 2 is 2.31 bits per heavy atom. The zero-order valence-corrected chi connectivity index (χ0v) is 8.96. The highest BCUT2D eigenvalue weighted by Crippen LogP contribution is 2.04. The van der Waals surface area contributed by atoms with Gasteiger partial charge in [-0.15, -0.1) is 5.10 Å². The first-order chi connectivity index (χ1) is 7.88. The molecule has 0 radical (unpaired) electrons. The predicted molar refractivity (Wildman–Crippen MR) is 60.1 cm³/mol. The molecule has 0 aromatic carbocycles. The van der Waals surface area contributed by atoms with Crippen LogP contribution in [0.5, 0.6) is 0 Å². The molecule has 0 atom stereocenters. The largest absolute Gasteiger partial charge is 0.368 e. The minimum atomic E-state index is 0.603. The van der Waals surface area contributed by atoms with Gasteiger partial charge in [0.15, 0.2) is 0 Å². The summed E-state index contributed by atoms with van der Waals surface area (Å²) in [6.07, 6.45) is 5.18. The van der Waals surface area contributed by atoms with Crippen LogP contribution >= 0.6 is 0 Å². The van der Waals surface area contributed by atoms with Gasteiger partial charge in [-0.25, -0.2) is 4.98 Å². The lowest BCUT2D eigenvalue weighted by molar-refractivity contribution is 0.608. The van der Waals surface area contributed by atoms with Gasteiger partial charge in [0.25, 0.3) is 0 Å². The molecule has 7 heteroatoms. The molecule has 0 unspecified atom stereocenters. The third-order valence-electron chi connectivity index (χ3n) is 2.00. The summed E-state index contributed by atoms with van der Waals surface area (Å²) in [6, 6.07) is 1.82. The van der Waals surface area contributed by atoms with Crippen LogP contribution < -0.4 is 10.6 Å². The zero-order valence-electron chi connectivity index (χ0n) is 8.96. The van der Waals surface area contributed by atoms with Crippen LogP contribution in [0, 0.1) is 0 Å². The minimum Gasteiger partial charge on any atom is -0.368 e. The van der Waals surface area contributed by atoms with Crippen LogP contribution in [0.3, 0.4) is 0 Å². The highest BCUT2D eigenvalue weighted by molar-refractivity contribution is 5.38. The van der Waals surface area contributed by atoms with Gasteiger partial charge in [0, 0.05) is 26.0 Å². The van der Waals surface area contributed by atoms with Crippen molar-refractivity contribution >= 4 is 11.8 Å². The molecule has 0 spiro atoms. The maximum absolute atomic E-state index is 4.23. The van der Waals surface area contributed by atoms with Crippen molar-refractivity contribution in [1.82, 2.24) is 25.0 Å². The molecule has 0 fully saturated rings. The maximum atomic E-state index is 4.23. The fourth-order valence-corrected chi connectivity index (χ4v) is 1.23. The molecule has 2 heterocycles. The molecular weight excluding hydrogens is 206 g/mol. The van der Waals surface area contributed by atoms with E-state index < -0.39 is 0 Å². The van der Waals surface area contributed by atoms with Gasteiger partial charge in [-0.05, 0) is 6.07 Å². The number of nitrogens with one attached hydrogen (secondary N) is 2. The minimum absolute atomic E-state index is 0.603. The first-order valence-electron chi connectivity index (χ1n) is 4.97. The smallest absolute Gasteiger partial charge is 0.224 e. The molecule has 16 heavy (non-hydrogen) atoms. The second-order valence-electron chi connectivity index (χ2n) is 3.11. The summed E-state index contributed by atoms with van der Waals surface area (Å²) in [4.78, 5) is 8.26. The zero-order chi connectivity index (χ0) is 11.2. The van der Waals surface area contributed by atoms with Crippen molar-refractivity contribution in [3.63, 3.8) is 0 Å². The molecule has 0 saturated heterocycles. The summed E-state index contributed by atoms with van der Waals surface area (Å²) >= 11 is 0. The van der Waals surface area contributed by atoms with Gasteiger partial charge in [0.1, 0.15) is 5.82 Å². The lowest BCUT2D eigenvalue weighted by atomic mass is 10.5. The molecule has 0 aliphatic rings. The van der Waals surface area contributed by atoms with Crippen molar-refractivity contribution < 1.29 is 0 Å². The Bertz CT molecular complexity index is 425. The molecule has 0 aliphatic carbocycles. The van der Waals surface area contributed by atoms with Crippen LogP contribution in [0.15, 0.2) is 24.7 Å². The molecule has 2 aromatic rings. The summed E-state index contributed by atoms with van der Waals surface area (Å²) < 4.78 is 1.76. The number of hydrogen-bond donors (Lipinski definition) is 2. The Hall–Kier alpha value is -2.18. The number of hydrogen-bond acceptors (Lipinski definition) is 6. The average molecular weight is 219 g/mol. The lowest BCUT2D eigenvalue weighted by Crippen LogP contribution is -2.12. The van der Waals surface area contributed by atoms with Crippen LogP contribution in [0.25, 0.3) is 0 Å². The first kappa shape index (κ1) is 10.3. The third-order valence-corrected chi connectivity index (χ3v) is 2.00. The van der Waals surface area contributed by atoms with Crippen molar-refractivity contribution in [1.29, 1.82) is 0 Å². The van der Waals surface area contributed by atoms with Gasteiger partial charge in [-0.1, -0.05) is 5.21 Å². The van der Waals surface area contributed by atoms with E-state index in [0.29, 0.717) is 5.95 Å². The van der Waals surface area contributed by atoms with Crippen molar-refractivity contribution in [3.8, 4) is 0 Å². The van der Waals surface area contributed by atoms with E-state index in [4.69, 9.17) is 0 Å². The van der Waals surface area contributed by atoms with Crippen molar-refractivity contribution in [3.05, 3.63) is 24.7 Å². The van der Waals surface area contributed by atoms with E-state index in [-0.39, 0.29) is 0 Å². The fourth-order valence-electron chi connectivity index (χ4n) is 1.23. The first-order valence-corrected chi connectivity index (χ1v) is 4.97. The summed E-state index contributed by atoms with van der Waals surface area (Å²) in [5.74, 6) is 1.39. The van der Waals surface area contributed by atoms with Gasteiger partial charge in [0.2, 0.25) is 5.95 Å². The molecule has 2 N–H and O–H groups in total. The van der Waals surface area contributed by atoms with Crippen molar-refractivity contribution in [2.24, 2.45) is 0 Å². The Balaban J connectivity index is 1.85. The Kier molecular flexibility index (Phi) is 3.27. The summed E-state index contributed by atoms with van der Waals surface area (Å²) in [6.45, 7) is 1.49. The number of nitrogens with zero attached hydrogens (tertiary/aromatic N) is 5. The van der Waals surface area contributed by atoms with E-state index >= 15 is 0 Å². The fraction of sp³-hybridized carbons (Fsp3) is 0.333. The summed E-state index contributed by atoms with van der Waals surface area (Å²) in [5.41, 5.74) is 0. The normalized spacial score (nSPS) is 10.1. The van der Waals surface area contributed by atoms with Crippen LogP contribution in [0.4, 0.5) is 11.8 Å². The van der Waals surface area contributed by atoms with Crippen LogP contribution in [-0.2, 0) is 6.54 Å². The Labute approximate surface area is 92.9 Å². The second kappa shape index (κ2) is 5.06. The lowest BCUT2D eigenvalue weighted by Gasteiger charge is -2.06. The quantitative estimate of drug-likeness (QED) is 0.749.